The molecule has 7 heteroatoms. The monoisotopic (exact) mass is 351 g/mol. The number of rotatable bonds is 4. The predicted molar refractivity (Wildman–Crippen MR) is 62.9 cm³/mol. The van der Waals surface area contributed by atoms with Gasteiger partial charge in [0.15, 0.2) is 6.61 Å². The summed E-state index contributed by atoms with van der Waals surface area (Å²) in [4.78, 5) is 26.1. The number of halogens is 2. The Labute approximate surface area is 108 Å². The number of benzene rings is 1. The van der Waals surface area contributed by atoms with E-state index in [-0.39, 0.29) is 0 Å². The topological polar surface area (TPSA) is 75.6 Å². The van der Waals surface area contributed by atoms with E-state index in [0.717, 1.165) is 4.47 Å². The molecule has 1 aromatic rings. The molecule has 0 aliphatic carbocycles. The van der Waals surface area contributed by atoms with Crippen LogP contribution in [0.4, 0.5) is 0 Å². The lowest BCUT2D eigenvalue weighted by Gasteiger charge is -2.05. The van der Waals surface area contributed by atoms with Crippen LogP contribution >= 0.6 is 31.9 Å². The summed E-state index contributed by atoms with van der Waals surface area (Å²) in [5.41, 5.74) is 2.38. The van der Waals surface area contributed by atoms with Crippen LogP contribution < -0.4 is 5.48 Å². The maximum Gasteiger partial charge on any atom is 0.332 e. The van der Waals surface area contributed by atoms with Gasteiger partial charge in [0.2, 0.25) is 0 Å². The highest BCUT2D eigenvalue weighted by Crippen LogP contribution is 2.21. The van der Waals surface area contributed by atoms with Crippen LogP contribution in [0.2, 0.25) is 0 Å². The number of carbonyl (C=O) groups excluding carboxylic acids is 1. The van der Waals surface area contributed by atoms with Crippen molar-refractivity contribution < 1.29 is 19.5 Å². The second-order valence-corrected chi connectivity index (χ2v) is 4.51. The number of carboxylic acids is 1. The van der Waals surface area contributed by atoms with Crippen molar-refractivity contribution in [2.75, 3.05) is 6.61 Å². The first-order valence-electron chi connectivity index (χ1n) is 4.09. The summed E-state index contributed by atoms with van der Waals surface area (Å²) >= 11 is 6.45. The second-order valence-electron chi connectivity index (χ2n) is 2.74. The van der Waals surface area contributed by atoms with Gasteiger partial charge in [0, 0.05) is 8.95 Å². The average molecular weight is 353 g/mol. The Bertz CT molecular complexity index is 422. The van der Waals surface area contributed by atoms with E-state index >= 15 is 0 Å². The maximum absolute atomic E-state index is 11.5. The van der Waals surface area contributed by atoms with Gasteiger partial charge in [-0.15, -0.1) is 0 Å². The maximum atomic E-state index is 11.5. The van der Waals surface area contributed by atoms with E-state index in [1.807, 2.05) is 5.48 Å². The van der Waals surface area contributed by atoms with E-state index in [0.29, 0.717) is 10.0 Å². The minimum absolute atomic E-state index is 0.355. The Morgan fingerprint density at radius 1 is 1.38 bits per heavy atom. The summed E-state index contributed by atoms with van der Waals surface area (Å²) in [6, 6.07) is 4.97. The minimum Gasteiger partial charge on any atom is -0.479 e. The van der Waals surface area contributed by atoms with E-state index in [1.54, 1.807) is 18.2 Å². The Morgan fingerprint density at radius 2 is 2.06 bits per heavy atom. The van der Waals surface area contributed by atoms with Crippen LogP contribution in [0, 0.1) is 0 Å². The van der Waals surface area contributed by atoms with Crippen LogP contribution in [-0.2, 0) is 9.63 Å². The van der Waals surface area contributed by atoms with Gasteiger partial charge in [0.05, 0.1) is 5.56 Å². The summed E-state index contributed by atoms with van der Waals surface area (Å²) in [6.45, 7) is -0.583. The third-order valence-corrected chi connectivity index (χ3v) is 2.69. The lowest BCUT2D eigenvalue weighted by molar-refractivity contribution is -0.144. The van der Waals surface area contributed by atoms with E-state index in [1.165, 1.54) is 0 Å². The van der Waals surface area contributed by atoms with Crippen LogP contribution in [0.5, 0.6) is 0 Å². The van der Waals surface area contributed by atoms with Gasteiger partial charge in [-0.3, -0.25) is 9.63 Å². The molecule has 0 radical (unpaired) electrons. The first-order chi connectivity index (χ1) is 7.50. The Kier molecular flexibility index (Phi) is 4.91. The number of carbonyl (C=O) groups is 2. The standard InChI is InChI=1S/C9H7Br2NO4/c10-5-1-2-6(7(11)3-5)9(15)12-16-4-8(13)14/h1-3H,4H2,(H,12,15)(H,13,14). The number of hydrogen-bond acceptors (Lipinski definition) is 3. The fourth-order valence-corrected chi connectivity index (χ4v) is 2.12. The molecule has 0 aliphatic rings. The Morgan fingerprint density at radius 3 is 2.62 bits per heavy atom. The van der Waals surface area contributed by atoms with E-state index in [4.69, 9.17) is 5.11 Å². The largest absolute Gasteiger partial charge is 0.479 e. The SMILES string of the molecule is O=C(O)CONC(=O)c1ccc(Br)cc1Br. The van der Waals surface area contributed by atoms with Gasteiger partial charge < -0.3 is 5.11 Å². The summed E-state index contributed by atoms with van der Waals surface area (Å²) in [5, 5.41) is 8.30. The van der Waals surface area contributed by atoms with Crippen molar-refractivity contribution in [3.63, 3.8) is 0 Å². The normalized spacial score (nSPS) is 9.88. The molecule has 1 amide bonds. The number of hydroxylamine groups is 1. The molecule has 0 heterocycles. The molecule has 0 saturated heterocycles. The van der Waals surface area contributed by atoms with Crippen LogP contribution in [0.3, 0.4) is 0 Å². The van der Waals surface area contributed by atoms with Gasteiger partial charge in [0.1, 0.15) is 0 Å². The fourth-order valence-electron chi connectivity index (χ4n) is 0.892. The van der Waals surface area contributed by atoms with E-state index in [9.17, 15) is 9.59 Å². The first-order valence-corrected chi connectivity index (χ1v) is 5.68. The van der Waals surface area contributed by atoms with Gasteiger partial charge in [-0.1, -0.05) is 15.9 Å². The number of carboxylic acid groups (broad SMARTS) is 1. The van der Waals surface area contributed by atoms with Gasteiger partial charge in [-0.2, -0.15) is 0 Å². The molecule has 0 fully saturated rings. The van der Waals surface area contributed by atoms with Crippen molar-refractivity contribution in [3.05, 3.63) is 32.7 Å². The second kappa shape index (κ2) is 5.97. The van der Waals surface area contributed by atoms with Crippen LogP contribution in [0.15, 0.2) is 27.1 Å². The van der Waals surface area contributed by atoms with Gasteiger partial charge in [-0.25, -0.2) is 10.3 Å². The molecule has 0 atom stereocenters. The quantitative estimate of drug-likeness (QED) is 0.812. The van der Waals surface area contributed by atoms with Crippen molar-refractivity contribution in [1.82, 2.24) is 5.48 Å². The molecular formula is C9H7Br2NO4. The molecule has 0 spiro atoms. The van der Waals surface area contributed by atoms with Crippen molar-refractivity contribution >= 4 is 43.7 Å². The molecular weight excluding hydrogens is 346 g/mol. The summed E-state index contributed by atoms with van der Waals surface area (Å²) in [7, 11) is 0. The molecule has 16 heavy (non-hydrogen) atoms. The third kappa shape index (κ3) is 3.92. The highest BCUT2D eigenvalue weighted by Gasteiger charge is 2.10. The average Bonchev–Trinajstić information content (AvgIpc) is 2.16. The van der Waals surface area contributed by atoms with Crippen molar-refractivity contribution in [2.24, 2.45) is 0 Å². The molecule has 86 valence electrons. The number of amides is 1. The summed E-state index contributed by atoms with van der Waals surface area (Å²) < 4.78 is 1.40. The highest BCUT2D eigenvalue weighted by atomic mass is 79.9. The van der Waals surface area contributed by atoms with Crippen LogP contribution in [-0.4, -0.2) is 23.6 Å². The van der Waals surface area contributed by atoms with Gasteiger partial charge in [-0.05, 0) is 34.1 Å². The molecule has 0 bridgehead atoms. The lowest BCUT2D eigenvalue weighted by atomic mass is 10.2. The minimum atomic E-state index is -1.16. The number of aliphatic carboxylic acids is 1. The molecule has 1 rings (SSSR count). The number of hydrogen-bond donors (Lipinski definition) is 2. The summed E-state index contributed by atoms with van der Waals surface area (Å²) in [5.74, 6) is -1.67. The third-order valence-electron chi connectivity index (χ3n) is 1.54. The van der Waals surface area contributed by atoms with Crippen LogP contribution in [0.1, 0.15) is 10.4 Å². The van der Waals surface area contributed by atoms with Crippen LogP contribution in [0.25, 0.3) is 0 Å². The first kappa shape index (κ1) is 13.1. The van der Waals surface area contributed by atoms with Crippen molar-refractivity contribution in [2.45, 2.75) is 0 Å². The molecule has 0 aromatic heterocycles. The molecule has 1 aromatic carbocycles. The molecule has 0 unspecified atom stereocenters. The zero-order chi connectivity index (χ0) is 12.1. The highest BCUT2D eigenvalue weighted by molar-refractivity contribution is 9.11. The lowest BCUT2D eigenvalue weighted by Crippen LogP contribution is -2.26. The van der Waals surface area contributed by atoms with E-state index in [2.05, 4.69) is 36.7 Å². The van der Waals surface area contributed by atoms with Crippen molar-refractivity contribution in [1.29, 1.82) is 0 Å². The van der Waals surface area contributed by atoms with Gasteiger partial charge >= 0.3 is 5.97 Å². The smallest absolute Gasteiger partial charge is 0.332 e. The van der Waals surface area contributed by atoms with Crippen molar-refractivity contribution in [3.8, 4) is 0 Å². The molecule has 2 N–H and O–H groups in total. The summed E-state index contributed by atoms with van der Waals surface area (Å²) in [6.07, 6.45) is 0. The number of nitrogens with one attached hydrogen (secondary N) is 1. The Hall–Kier alpha value is -0.920. The fraction of sp³-hybridized carbons (Fsp3) is 0.111. The predicted octanol–water partition coefficient (Wildman–Crippen LogP) is 1.96. The molecule has 5 nitrogen and oxygen atoms in total. The zero-order valence-corrected chi connectivity index (χ0v) is 11.0. The molecule has 0 saturated carbocycles. The zero-order valence-electron chi connectivity index (χ0n) is 7.87. The molecule has 0 aliphatic heterocycles. The van der Waals surface area contributed by atoms with E-state index < -0.39 is 18.5 Å². The van der Waals surface area contributed by atoms with Gasteiger partial charge in [0.25, 0.3) is 5.91 Å². The Balaban J connectivity index is 2.63.